The molecule has 0 bridgehead atoms. The van der Waals surface area contributed by atoms with E-state index in [1.54, 1.807) is 6.20 Å². The van der Waals surface area contributed by atoms with Gasteiger partial charge in [0.25, 0.3) is 0 Å². The van der Waals surface area contributed by atoms with Crippen LogP contribution in [0.15, 0.2) is 48.7 Å². The third kappa shape index (κ3) is 7.09. The topological polar surface area (TPSA) is 71.5 Å². The number of rotatable bonds is 10. The van der Waals surface area contributed by atoms with Crippen molar-refractivity contribution in [3.8, 4) is 0 Å². The first-order valence-corrected chi connectivity index (χ1v) is 11.2. The predicted molar refractivity (Wildman–Crippen MR) is 122 cm³/mol. The number of hydrogen-bond donors (Lipinski definition) is 1. The Morgan fingerprint density at radius 2 is 1.90 bits per heavy atom. The van der Waals surface area contributed by atoms with Crippen molar-refractivity contribution < 1.29 is 14.3 Å². The van der Waals surface area contributed by atoms with Crippen LogP contribution < -0.4 is 5.32 Å². The Morgan fingerprint density at radius 1 is 1.10 bits per heavy atom. The van der Waals surface area contributed by atoms with Crippen LogP contribution in [0.3, 0.4) is 0 Å². The minimum Gasteiger partial charge on any atom is -0.469 e. The summed E-state index contributed by atoms with van der Waals surface area (Å²) in [6.45, 7) is 2.19. The van der Waals surface area contributed by atoms with Gasteiger partial charge in [0.1, 0.15) is 5.82 Å². The Bertz CT molecular complexity index is 841. The van der Waals surface area contributed by atoms with E-state index in [4.69, 9.17) is 4.74 Å². The van der Waals surface area contributed by atoms with Gasteiger partial charge in [-0.1, -0.05) is 43.2 Å². The molecule has 6 nitrogen and oxygen atoms in total. The summed E-state index contributed by atoms with van der Waals surface area (Å²) in [6.07, 6.45) is 7.57. The number of ether oxygens (including phenoxy) is 1. The van der Waals surface area contributed by atoms with Crippen molar-refractivity contribution in [3.63, 3.8) is 0 Å². The summed E-state index contributed by atoms with van der Waals surface area (Å²) in [4.78, 5) is 31.0. The molecule has 0 saturated carbocycles. The highest BCUT2D eigenvalue weighted by Crippen LogP contribution is 2.29. The van der Waals surface area contributed by atoms with Crippen molar-refractivity contribution in [2.45, 2.75) is 50.9 Å². The number of pyridine rings is 1. The van der Waals surface area contributed by atoms with Gasteiger partial charge in [0.15, 0.2) is 0 Å². The van der Waals surface area contributed by atoms with Gasteiger partial charge in [0.2, 0.25) is 5.91 Å². The van der Waals surface area contributed by atoms with Gasteiger partial charge in [0.05, 0.1) is 13.5 Å². The maximum Gasteiger partial charge on any atom is 0.306 e. The Kier molecular flexibility index (Phi) is 8.88. The average molecular weight is 424 g/mol. The number of amides is 1. The SMILES string of the molecule is COC(=O)CC1CN(C(=O)CCCCCCNc2ccccn2)CCc2ccccc21. The van der Waals surface area contributed by atoms with Crippen molar-refractivity contribution in [1.82, 2.24) is 9.88 Å². The van der Waals surface area contributed by atoms with Crippen LogP contribution in [0.5, 0.6) is 0 Å². The minimum atomic E-state index is -0.228. The third-order valence-corrected chi connectivity index (χ3v) is 5.87. The van der Waals surface area contributed by atoms with E-state index in [9.17, 15) is 9.59 Å². The van der Waals surface area contributed by atoms with Crippen LogP contribution in [0.2, 0.25) is 0 Å². The first-order valence-electron chi connectivity index (χ1n) is 11.2. The zero-order chi connectivity index (χ0) is 21.9. The molecule has 0 radical (unpaired) electrons. The van der Waals surface area contributed by atoms with Gasteiger partial charge in [-0.25, -0.2) is 4.98 Å². The highest BCUT2D eigenvalue weighted by molar-refractivity contribution is 5.77. The second kappa shape index (κ2) is 12.1. The summed E-state index contributed by atoms with van der Waals surface area (Å²) in [5.41, 5.74) is 2.40. The van der Waals surface area contributed by atoms with E-state index in [0.29, 0.717) is 25.9 Å². The molecule has 1 amide bonds. The molecule has 2 aromatic rings. The normalized spacial score (nSPS) is 15.6. The number of esters is 1. The number of nitrogens with zero attached hydrogens (tertiary/aromatic N) is 2. The molecule has 0 aliphatic carbocycles. The number of nitrogens with one attached hydrogen (secondary N) is 1. The number of unbranched alkanes of at least 4 members (excludes halogenated alkanes) is 3. The Balaban J connectivity index is 1.41. The molecule has 1 aromatic heterocycles. The number of fused-ring (bicyclic) bond motifs is 1. The zero-order valence-corrected chi connectivity index (χ0v) is 18.4. The van der Waals surface area contributed by atoms with E-state index >= 15 is 0 Å². The first kappa shape index (κ1) is 22.8. The van der Waals surface area contributed by atoms with Crippen molar-refractivity contribution >= 4 is 17.7 Å². The van der Waals surface area contributed by atoms with Gasteiger partial charge in [-0.15, -0.1) is 0 Å². The van der Waals surface area contributed by atoms with E-state index < -0.39 is 0 Å². The van der Waals surface area contributed by atoms with E-state index in [2.05, 4.69) is 22.4 Å². The summed E-state index contributed by atoms with van der Waals surface area (Å²) in [7, 11) is 1.42. The van der Waals surface area contributed by atoms with E-state index in [1.807, 2.05) is 35.2 Å². The number of carbonyl (C=O) groups is 2. The summed E-state index contributed by atoms with van der Waals surface area (Å²) in [5, 5.41) is 3.31. The molecule has 6 heteroatoms. The second-order valence-corrected chi connectivity index (χ2v) is 8.07. The maximum atomic E-state index is 12.9. The fraction of sp³-hybridized carbons (Fsp3) is 0.480. The zero-order valence-electron chi connectivity index (χ0n) is 18.4. The molecule has 1 unspecified atom stereocenters. The van der Waals surface area contributed by atoms with Gasteiger partial charge in [-0.2, -0.15) is 0 Å². The quantitative estimate of drug-likeness (QED) is 0.459. The van der Waals surface area contributed by atoms with Crippen LogP contribution in [0.1, 0.15) is 55.6 Å². The first-order chi connectivity index (χ1) is 15.2. The van der Waals surface area contributed by atoms with E-state index in [-0.39, 0.29) is 17.8 Å². The second-order valence-electron chi connectivity index (χ2n) is 8.07. The summed E-state index contributed by atoms with van der Waals surface area (Å²) in [6, 6.07) is 14.0. The highest BCUT2D eigenvalue weighted by atomic mass is 16.5. The van der Waals surface area contributed by atoms with Crippen LogP contribution >= 0.6 is 0 Å². The van der Waals surface area contributed by atoms with Crippen molar-refractivity contribution in [2.75, 3.05) is 32.1 Å². The monoisotopic (exact) mass is 423 g/mol. The average Bonchev–Trinajstić information content (AvgIpc) is 2.99. The number of methoxy groups -OCH3 is 1. The molecule has 1 atom stereocenters. The summed E-state index contributed by atoms with van der Waals surface area (Å²) >= 11 is 0. The van der Waals surface area contributed by atoms with Crippen LogP contribution in [-0.2, 0) is 20.7 Å². The van der Waals surface area contributed by atoms with Crippen LogP contribution in [-0.4, -0.2) is 48.5 Å². The maximum absolute atomic E-state index is 12.9. The Labute approximate surface area is 185 Å². The molecule has 0 fully saturated rings. The molecular formula is C25H33N3O3. The number of anilines is 1. The smallest absolute Gasteiger partial charge is 0.306 e. The highest BCUT2D eigenvalue weighted by Gasteiger charge is 2.27. The lowest BCUT2D eigenvalue weighted by Crippen LogP contribution is -2.35. The molecule has 1 aliphatic rings. The largest absolute Gasteiger partial charge is 0.469 e. The van der Waals surface area contributed by atoms with E-state index in [1.165, 1.54) is 18.2 Å². The lowest BCUT2D eigenvalue weighted by Gasteiger charge is -2.25. The number of aromatic nitrogens is 1. The number of carbonyl (C=O) groups excluding carboxylic acids is 2. The molecule has 2 heterocycles. The van der Waals surface area contributed by atoms with Crippen molar-refractivity contribution in [1.29, 1.82) is 0 Å². The van der Waals surface area contributed by atoms with Crippen molar-refractivity contribution in [3.05, 3.63) is 59.8 Å². The summed E-state index contributed by atoms with van der Waals surface area (Å²) in [5.74, 6) is 0.858. The molecule has 1 aliphatic heterocycles. The molecule has 0 spiro atoms. The van der Waals surface area contributed by atoms with Crippen LogP contribution in [0, 0.1) is 0 Å². The molecule has 0 saturated heterocycles. The number of hydrogen-bond acceptors (Lipinski definition) is 5. The minimum absolute atomic E-state index is 0.00669. The fourth-order valence-electron chi connectivity index (χ4n) is 4.15. The Morgan fingerprint density at radius 3 is 2.71 bits per heavy atom. The van der Waals surface area contributed by atoms with Crippen LogP contribution in [0.25, 0.3) is 0 Å². The molecule has 31 heavy (non-hydrogen) atoms. The van der Waals surface area contributed by atoms with Gasteiger partial charge in [-0.05, 0) is 42.5 Å². The van der Waals surface area contributed by atoms with E-state index in [0.717, 1.165) is 44.5 Å². The van der Waals surface area contributed by atoms with Gasteiger partial charge < -0.3 is 15.0 Å². The fourth-order valence-corrected chi connectivity index (χ4v) is 4.15. The predicted octanol–water partition coefficient (Wildman–Crippen LogP) is 4.18. The van der Waals surface area contributed by atoms with Gasteiger partial charge in [0, 0.05) is 38.2 Å². The number of benzene rings is 1. The standard InChI is InChI=1S/C25H33N3O3/c1-31-25(30)18-21-19-28(17-14-20-10-5-6-11-22(20)21)24(29)13-4-2-3-8-15-26-23-12-7-9-16-27-23/h5-7,9-12,16,21H,2-4,8,13-15,17-19H2,1H3,(H,26,27). The van der Waals surface area contributed by atoms with Crippen LogP contribution in [0.4, 0.5) is 5.82 Å². The molecule has 166 valence electrons. The molecule has 1 aromatic carbocycles. The van der Waals surface area contributed by atoms with Gasteiger partial charge in [-0.3, -0.25) is 9.59 Å². The lowest BCUT2D eigenvalue weighted by atomic mass is 9.91. The Hall–Kier alpha value is -2.89. The molecule has 3 rings (SSSR count). The molecular weight excluding hydrogens is 390 g/mol. The molecule has 1 N–H and O–H groups in total. The van der Waals surface area contributed by atoms with Gasteiger partial charge >= 0.3 is 5.97 Å². The third-order valence-electron chi connectivity index (χ3n) is 5.87. The lowest BCUT2D eigenvalue weighted by molar-refractivity contribution is -0.142. The van der Waals surface area contributed by atoms with Crippen molar-refractivity contribution in [2.24, 2.45) is 0 Å². The summed E-state index contributed by atoms with van der Waals surface area (Å²) < 4.78 is 4.89.